The Morgan fingerprint density at radius 1 is 0.958 bits per heavy atom. The fourth-order valence-electron chi connectivity index (χ4n) is 5.96. The third-order valence-corrected chi connectivity index (χ3v) is 8.64. The van der Waals surface area contributed by atoms with Gasteiger partial charge in [0.15, 0.2) is 0 Å². The predicted molar refractivity (Wildman–Crippen MR) is 187 cm³/mol. The summed E-state index contributed by atoms with van der Waals surface area (Å²) in [5.41, 5.74) is 0.760. The molecule has 0 aliphatic carbocycles. The Bertz CT molecular complexity index is 1570. The zero-order valence-corrected chi connectivity index (χ0v) is 28.2. The van der Waals surface area contributed by atoms with Gasteiger partial charge in [0, 0.05) is 33.0 Å². The van der Waals surface area contributed by atoms with Gasteiger partial charge in [-0.25, -0.2) is 9.18 Å². The van der Waals surface area contributed by atoms with Crippen molar-refractivity contribution < 1.29 is 28.3 Å². The highest BCUT2D eigenvalue weighted by atomic mass is 19.1. The number of ether oxygens (including phenoxy) is 1. The number of carbonyl (C=O) groups excluding carboxylic acids is 4. The van der Waals surface area contributed by atoms with Gasteiger partial charge >= 0.3 is 6.09 Å². The molecule has 2 N–H and O–H groups in total. The van der Waals surface area contributed by atoms with E-state index in [4.69, 9.17) is 4.74 Å². The van der Waals surface area contributed by atoms with Gasteiger partial charge in [0.2, 0.25) is 17.7 Å². The van der Waals surface area contributed by atoms with Crippen LogP contribution < -0.4 is 10.6 Å². The number of rotatable bonds is 11. The maximum absolute atomic E-state index is 14.4. The summed E-state index contributed by atoms with van der Waals surface area (Å²) in [5.74, 6) is -1.34. The maximum atomic E-state index is 14.4. The first-order valence-corrected chi connectivity index (χ1v) is 16.3. The van der Waals surface area contributed by atoms with E-state index >= 15 is 0 Å². The minimum absolute atomic E-state index is 0. The molecule has 1 aliphatic heterocycles. The summed E-state index contributed by atoms with van der Waals surface area (Å²) in [5, 5.41) is 7.57. The van der Waals surface area contributed by atoms with Gasteiger partial charge in [-0.05, 0) is 67.1 Å². The number of piperazine rings is 1. The maximum Gasteiger partial charge on any atom is 0.408 e. The number of halogens is 1. The molecule has 48 heavy (non-hydrogen) atoms. The second-order valence-corrected chi connectivity index (χ2v) is 13.4. The van der Waals surface area contributed by atoms with Gasteiger partial charge in [-0.2, -0.15) is 0 Å². The second kappa shape index (κ2) is 16.6. The average molecular weight is 663 g/mol. The predicted octanol–water partition coefficient (Wildman–Crippen LogP) is 5.88. The van der Waals surface area contributed by atoms with Crippen LogP contribution in [0.25, 0.3) is 10.8 Å². The van der Waals surface area contributed by atoms with Crippen molar-refractivity contribution in [2.45, 2.75) is 91.5 Å². The summed E-state index contributed by atoms with van der Waals surface area (Å²) >= 11 is 0. The van der Waals surface area contributed by atoms with Gasteiger partial charge in [0.25, 0.3) is 0 Å². The summed E-state index contributed by atoms with van der Waals surface area (Å²) < 4.78 is 19.1. The van der Waals surface area contributed by atoms with Gasteiger partial charge in [-0.1, -0.05) is 82.3 Å². The number of hydrogen-bond donors (Lipinski definition) is 2. The number of alkyl carbamates (subject to hydrolysis) is 1. The molecule has 3 aromatic rings. The Morgan fingerprint density at radius 2 is 1.60 bits per heavy atom. The van der Waals surface area contributed by atoms with Gasteiger partial charge in [0.05, 0.1) is 0 Å². The van der Waals surface area contributed by atoms with Crippen molar-refractivity contribution in [3.05, 3.63) is 83.7 Å². The SMILES string of the molecule is C.CCC(C)CC1C(=O)N(C(Cc2ccc3ccccc3c2)C(=O)NC)CCN1C(=O)C(Cc1ccc(F)cc1)NC(=O)OC(C)(C)C. The molecule has 1 saturated heterocycles. The van der Waals surface area contributed by atoms with Crippen molar-refractivity contribution >= 4 is 34.6 Å². The molecule has 0 spiro atoms. The molecule has 10 heteroatoms. The molecule has 4 atom stereocenters. The summed E-state index contributed by atoms with van der Waals surface area (Å²) in [4.78, 5) is 58.0. The number of likely N-dealkylation sites (N-methyl/N-ethyl adjacent to an activating group) is 1. The molecule has 0 bridgehead atoms. The highest BCUT2D eigenvalue weighted by Crippen LogP contribution is 2.26. The lowest BCUT2D eigenvalue weighted by atomic mass is 9.92. The topological polar surface area (TPSA) is 108 Å². The van der Waals surface area contributed by atoms with Crippen LogP contribution in [0.15, 0.2) is 66.7 Å². The Hall–Kier alpha value is -4.47. The largest absolute Gasteiger partial charge is 0.444 e. The zero-order valence-electron chi connectivity index (χ0n) is 28.2. The van der Waals surface area contributed by atoms with E-state index in [1.165, 1.54) is 17.0 Å². The van der Waals surface area contributed by atoms with E-state index in [2.05, 4.69) is 10.6 Å². The van der Waals surface area contributed by atoms with E-state index in [9.17, 15) is 23.6 Å². The molecule has 9 nitrogen and oxygen atoms in total. The lowest BCUT2D eigenvalue weighted by molar-refractivity contribution is -0.157. The highest BCUT2D eigenvalue weighted by Gasteiger charge is 2.44. The molecular formula is C38H51FN4O5. The van der Waals surface area contributed by atoms with E-state index in [1.807, 2.05) is 56.3 Å². The third kappa shape index (κ3) is 9.78. The molecule has 1 heterocycles. The molecule has 1 aliphatic rings. The average Bonchev–Trinajstić information content (AvgIpc) is 3.03. The molecule has 3 aromatic carbocycles. The molecule has 0 aromatic heterocycles. The number of fused-ring (bicyclic) bond motifs is 1. The quantitative estimate of drug-likeness (QED) is 0.267. The molecule has 1 fully saturated rings. The lowest BCUT2D eigenvalue weighted by Crippen LogP contribution is -2.66. The van der Waals surface area contributed by atoms with Crippen LogP contribution in [0, 0.1) is 11.7 Å². The van der Waals surface area contributed by atoms with E-state index in [-0.39, 0.29) is 44.7 Å². The standard InChI is InChI=1S/C37H47FN4O5.CH4/c1-7-24(2)20-32-35(45)41(31(33(43)39-6)23-26-12-15-27-10-8-9-11-28(27)21-26)18-19-42(32)34(44)30(40-36(46)47-37(3,4)5)22-25-13-16-29(38)17-14-25;/h8-17,21,24,30-32H,7,18-20,22-23H2,1-6H3,(H,39,43)(H,40,46);1H4. The van der Waals surface area contributed by atoms with Crippen molar-refractivity contribution in [1.29, 1.82) is 0 Å². The van der Waals surface area contributed by atoms with E-state index in [0.717, 1.165) is 22.8 Å². The highest BCUT2D eigenvalue weighted by molar-refractivity contribution is 5.95. The first-order valence-electron chi connectivity index (χ1n) is 16.3. The van der Waals surface area contributed by atoms with Crippen molar-refractivity contribution in [1.82, 2.24) is 20.4 Å². The van der Waals surface area contributed by atoms with Crippen LogP contribution in [-0.2, 0) is 32.0 Å². The first kappa shape index (κ1) is 38.0. The van der Waals surface area contributed by atoms with Crippen LogP contribution in [0.2, 0.25) is 0 Å². The number of nitrogens with one attached hydrogen (secondary N) is 2. The minimum Gasteiger partial charge on any atom is -0.444 e. The fourth-order valence-corrected chi connectivity index (χ4v) is 5.96. The van der Waals surface area contributed by atoms with Gasteiger partial charge in [-0.15, -0.1) is 0 Å². The molecule has 260 valence electrons. The third-order valence-electron chi connectivity index (χ3n) is 8.64. The Balaban J connectivity index is 0.00000625. The van der Waals surface area contributed by atoms with Gasteiger partial charge in [-0.3, -0.25) is 14.4 Å². The summed E-state index contributed by atoms with van der Waals surface area (Å²) in [7, 11) is 1.55. The number of nitrogens with zero attached hydrogens (tertiary/aromatic N) is 2. The Labute approximate surface area is 284 Å². The van der Waals surface area contributed by atoms with Crippen LogP contribution in [0.5, 0.6) is 0 Å². The second-order valence-electron chi connectivity index (χ2n) is 13.4. The van der Waals surface area contributed by atoms with Crippen LogP contribution in [0.3, 0.4) is 0 Å². The minimum atomic E-state index is -1.07. The van der Waals surface area contributed by atoms with Crippen molar-refractivity contribution in [2.24, 2.45) is 5.92 Å². The molecule has 4 rings (SSSR count). The van der Waals surface area contributed by atoms with Crippen LogP contribution in [0.4, 0.5) is 9.18 Å². The summed E-state index contributed by atoms with van der Waals surface area (Å²) in [6, 6.07) is 17.0. The van der Waals surface area contributed by atoms with E-state index in [1.54, 1.807) is 44.9 Å². The summed E-state index contributed by atoms with van der Waals surface area (Å²) in [6.45, 7) is 9.54. The molecule has 4 amide bonds. The van der Waals surface area contributed by atoms with Gasteiger partial charge < -0.3 is 25.2 Å². The van der Waals surface area contributed by atoms with E-state index < -0.39 is 41.5 Å². The van der Waals surface area contributed by atoms with Crippen LogP contribution in [-0.4, -0.2) is 77.5 Å². The Kier molecular flexibility index (Phi) is 13.1. The van der Waals surface area contributed by atoms with Crippen molar-refractivity contribution in [3.8, 4) is 0 Å². The molecule has 0 radical (unpaired) electrons. The number of carbonyl (C=O) groups is 4. The van der Waals surface area contributed by atoms with Crippen LogP contribution >= 0.6 is 0 Å². The van der Waals surface area contributed by atoms with Crippen LogP contribution in [0.1, 0.15) is 66.0 Å². The van der Waals surface area contributed by atoms with Crippen molar-refractivity contribution in [2.75, 3.05) is 20.1 Å². The summed E-state index contributed by atoms with van der Waals surface area (Å²) in [6.07, 6.45) is 0.802. The molecular weight excluding hydrogens is 611 g/mol. The zero-order chi connectivity index (χ0) is 34.3. The smallest absolute Gasteiger partial charge is 0.408 e. The number of benzene rings is 3. The first-order chi connectivity index (χ1) is 22.3. The Morgan fingerprint density at radius 3 is 2.23 bits per heavy atom. The van der Waals surface area contributed by atoms with Gasteiger partial charge in [0.1, 0.15) is 29.5 Å². The lowest BCUT2D eigenvalue weighted by Gasteiger charge is -2.45. The monoisotopic (exact) mass is 662 g/mol. The molecule has 4 unspecified atom stereocenters. The van der Waals surface area contributed by atoms with E-state index in [0.29, 0.717) is 18.4 Å². The fraction of sp³-hybridized carbons (Fsp3) is 0.474. The number of hydrogen-bond acceptors (Lipinski definition) is 5. The molecule has 0 saturated carbocycles. The van der Waals surface area contributed by atoms with Crippen molar-refractivity contribution in [3.63, 3.8) is 0 Å². The number of amides is 4. The normalized spacial score (nSPS) is 16.8.